The summed E-state index contributed by atoms with van der Waals surface area (Å²) in [5.41, 5.74) is 3.08. The Bertz CT molecular complexity index is 330. The van der Waals surface area contributed by atoms with Gasteiger partial charge in [-0.3, -0.25) is 5.43 Å². The first-order valence-electron chi connectivity index (χ1n) is 7.98. The van der Waals surface area contributed by atoms with E-state index in [-0.39, 0.29) is 6.09 Å². The van der Waals surface area contributed by atoms with E-state index in [4.69, 9.17) is 9.47 Å². The SMILES string of the molecule is CC(C)(C)OC(=O)N1CCC(CNN2CCOCC2)CC1. The summed E-state index contributed by atoms with van der Waals surface area (Å²) in [6.45, 7) is 11.8. The van der Waals surface area contributed by atoms with Crippen LogP contribution in [0.15, 0.2) is 0 Å². The number of ether oxygens (including phenoxy) is 2. The van der Waals surface area contributed by atoms with Crippen LogP contribution in [0.4, 0.5) is 4.79 Å². The number of likely N-dealkylation sites (tertiary alicyclic amines) is 1. The summed E-state index contributed by atoms with van der Waals surface area (Å²) in [6, 6.07) is 0. The minimum absolute atomic E-state index is 0.179. The minimum Gasteiger partial charge on any atom is -0.444 e. The zero-order chi connectivity index (χ0) is 15.3. The molecule has 2 fully saturated rings. The van der Waals surface area contributed by atoms with Crippen molar-refractivity contribution >= 4 is 6.09 Å². The second-order valence-corrected chi connectivity index (χ2v) is 6.87. The molecule has 0 aromatic rings. The average molecular weight is 299 g/mol. The van der Waals surface area contributed by atoms with Gasteiger partial charge in [0.25, 0.3) is 0 Å². The first kappa shape index (κ1) is 16.5. The van der Waals surface area contributed by atoms with Crippen molar-refractivity contribution in [3.8, 4) is 0 Å². The number of nitrogens with zero attached hydrogens (tertiary/aromatic N) is 2. The topological polar surface area (TPSA) is 54.0 Å². The number of hydrazine groups is 1. The van der Waals surface area contributed by atoms with Crippen LogP contribution in [0.25, 0.3) is 0 Å². The lowest BCUT2D eigenvalue weighted by Gasteiger charge is -2.35. The summed E-state index contributed by atoms with van der Waals surface area (Å²) in [4.78, 5) is 13.8. The van der Waals surface area contributed by atoms with Gasteiger partial charge in [-0.1, -0.05) is 0 Å². The average Bonchev–Trinajstić information content (AvgIpc) is 2.45. The molecular formula is C15H29N3O3. The Kier molecular flexibility index (Phi) is 5.84. The lowest BCUT2D eigenvalue weighted by molar-refractivity contribution is 0.00345. The number of piperidine rings is 1. The highest BCUT2D eigenvalue weighted by Gasteiger charge is 2.27. The first-order valence-corrected chi connectivity index (χ1v) is 7.98. The lowest BCUT2D eigenvalue weighted by Crippen LogP contribution is -2.49. The van der Waals surface area contributed by atoms with Crippen molar-refractivity contribution in [3.05, 3.63) is 0 Å². The maximum atomic E-state index is 12.0. The van der Waals surface area contributed by atoms with E-state index in [0.29, 0.717) is 5.92 Å². The molecule has 0 saturated carbocycles. The van der Waals surface area contributed by atoms with Gasteiger partial charge in [-0.15, -0.1) is 0 Å². The molecule has 0 bridgehead atoms. The quantitative estimate of drug-likeness (QED) is 0.855. The van der Waals surface area contributed by atoms with Crippen molar-refractivity contribution < 1.29 is 14.3 Å². The van der Waals surface area contributed by atoms with Gasteiger partial charge in [0, 0.05) is 32.7 Å². The smallest absolute Gasteiger partial charge is 0.410 e. The van der Waals surface area contributed by atoms with E-state index in [1.165, 1.54) is 0 Å². The Morgan fingerprint density at radius 2 is 1.81 bits per heavy atom. The molecule has 0 radical (unpaired) electrons. The van der Waals surface area contributed by atoms with Crippen molar-refractivity contribution in [2.45, 2.75) is 39.2 Å². The highest BCUT2D eigenvalue weighted by atomic mass is 16.6. The Hall–Kier alpha value is -0.850. The maximum absolute atomic E-state index is 12.0. The van der Waals surface area contributed by atoms with Gasteiger partial charge in [-0.05, 0) is 39.5 Å². The molecule has 0 aromatic carbocycles. The van der Waals surface area contributed by atoms with Crippen LogP contribution in [-0.4, -0.2) is 67.5 Å². The fourth-order valence-corrected chi connectivity index (χ4v) is 2.63. The van der Waals surface area contributed by atoms with Crippen molar-refractivity contribution in [2.24, 2.45) is 5.92 Å². The Balaban J connectivity index is 1.64. The van der Waals surface area contributed by atoms with Crippen LogP contribution in [0.5, 0.6) is 0 Å². The second kappa shape index (κ2) is 7.42. The van der Waals surface area contributed by atoms with Gasteiger partial charge in [-0.25, -0.2) is 9.80 Å². The molecule has 122 valence electrons. The second-order valence-electron chi connectivity index (χ2n) is 6.87. The largest absolute Gasteiger partial charge is 0.444 e. The molecule has 0 spiro atoms. The molecule has 6 nitrogen and oxygen atoms in total. The van der Waals surface area contributed by atoms with Crippen molar-refractivity contribution in [3.63, 3.8) is 0 Å². The summed E-state index contributed by atoms with van der Waals surface area (Å²) in [6.07, 6.45) is 1.90. The van der Waals surface area contributed by atoms with Crippen LogP contribution in [0.1, 0.15) is 33.6 Å². The molecule has 2 aliphatic heterocycles. The molecule has 1 N–H and O–H groups in total. The van der Waals surface area contributed by atoms with E-state index in [1.807, 2.05) is 25.7 Å². The molecule has 2 rings (SSSR count). The van der Waals surface area contributed by atoms with Crippen LogP contribution >= 0.6 is 0 Å². The first-order chi connectivity index (χ1) is 9.94. The fourth-order valence-electron chi connectivity index (χ4n) is 2.63. The van der Waals surface area contributed by atoms with E-state index in [1.54, 1.807) is 0 Å². The number of carbonyl (C=O) groups excluding carboxylic acids is 1. The van der Waals surface area contributed by atoms with Crippen molar-refractivity contribution in [1.82, 2.24) is 15.3 Å². The standard InChI is InChI=1S/C15H29N3O3/c1-15(2,3)21-14(19)17-6-4-13(5-7-17)12-16-18-8-10-20-11-9-18/h13,16H,4-12H2,1-3H3. The van der Waals surface area contributed by atoms with Gasteiger partial charge in [0.2, 0.25) is 0 Å². The number of morpholine rings is 1. The maximum Gasteiger partial charge on any atom is 0.410 e. The fraction of sp³-hybridized carbons (Fsp3) is 0.933. The number of amides is 1. The van der Waals surface area contributed by atoms with Crippen LogP contribution in [-0.2, 0) is 9.47 Å². The van der Waals surface area contributed by atoms with E-state index >= 15 is 0 Å². The van der Waals surface area contributed by atoms with E-state index in [9.17, 15) is 4.79 Å². The van der Waals surface area contributed by atoms with Crippen molar-refractivity contribution in [2.75, 3.05) is 45.9 Å². The van der Waals surface area contributed by atoms with Gasteiger partial charge in [0.1, 0.15) is 5.60 Å². The summed E-state index contributed by atoms with van der Waals surface area (Å²) >= 11 is 0. The normalized spacial score (nSPS) is 22.3. The molecule has 2 aliphatic rings. The Morgan fingerprint density at radius 3 is 2.38 bits per heavy atom. The number of hydrogen-bond acceptors (Lipinski definition) is 5. The molecule has 2 heterocycles. The molecule has 1 amide bonds. The summed E-state index contributed by atoms with van der Waals surface area (Å²) in [5.74, 6) is 0.631. The Morgan fingerprint density at radius 1 is 1.19 bits per heavy atom. The van der Waals surface area contributed by atoms with Gasteiger partial charge in [0.05, 0.1) is 13.2 Å². The zero-order valence-corrected chi connectivity index (χ0v) is 13.6. The lowest BCUT2D eigenvalue weighted by atomic mass is 9.97. The van der Waals surface area contributed by atoms with Crippen LogP contribution < -0.4 is 5.43 Å². The molecule has 6 heteroatoms. The van der Waals surface area contributed by atoms with E-state index in [0.717, 1.165) is 58.8 Å². The molecule has 0 atom stereocenters. The van der Waals surface area contributed by atoms with Gasteiger partial charge in [0.15, 0.2) is 0 Å². The third-order valence-corrected chi connectivity index (χ3v) is 3.88. The third-order valence-electron chi connectivity index (χ3n) is 3.88. The van der Waals surface area contributed by atoms with Crippen molar-refractivity contribution in [1.29, 1.82) is 0 Å². The third kappa shape index (κ3) is 5.80. The number of rotatable bonds is 3. The highest BCUT2D eigenvalue weighted by Crippen LogP contribution is 2.19. The summed E-state index contributed by atoms with van der Waals surface area (Å²) in [7, 11) is 0. The molecule has 0 aliphatic carbocycles. The molecule has 2 saturated heterocycles. The van der Waals surface area contributed by atoms with Crippen LogP contribution in [0.2, 0.25) is 0 Å². The monoisotopic (exact) mass is 299 g/mol. The molecular weight excluding hydrogens is 270 g/mol. The van der Waals surface area contributed by atoms with E-state index in [2.05, 4.69) is 10.4 Å². The van der Waals surface area contributed by atoms with Crippen LogP contribution in [0, 0.1) is 5.92 Å². The predicted octanol–water partition coefficient (Wildman–Crippen LogP) is 1.47. The molecule has 21 heavy (non-hydrogen) atoms. The summed E-state index contributed by atoms with van der Waals surface area (Å²) < 4.78 is 10.7. The Labute approximate surface area is 127 Å². The number of nitrogens with one attached hydrogen (secondary N) is 1. The predicted molar refractivity (Wildman–Crippen MR) is 80.9 cm³/mol. The van der Waals surface area contributed by atoms with E-state index < -0.39 is 5.60 Å². The number of hydrogen-bond donors (Lipinski definition) is 1. The molecule has 0 aromatic heterocycles. The van der Waals surface area contributed by atoms with Gasteiger partial charge in [-0.2, -0.15) is 0 Å². The molecule has 0 unspecified atom stereocenters. The number of carbonyl (C=O) groups is 1. The van der Waals surface area contributed by atoms with Gasteiger partial charge < -0.3 is 14.4 Å². The highest BCUT2D eigenvalue weighted by molar-refractivity contribution is 5.68. The zero-order valence-electron chi connectivity index (χ0n) is 13.6. The summed E-state index contributed by atoms with van der Waals surface area (Å²) in [5, 5.41) is 2.24. The minimum atomic E-state index is -0.411. The van der Waals surface area contributed by atoms with Gasteiger partial charge >= 0.3 is 6.09 Å². The van der Waals surface area contributed by atoms with Crippen LogP contribution in [0.3, 0.4) is 0 Å².